The van der Waals surface area contributed by atoms with Crippen molar-refractivity contribution < 1.29 is 16.8 Å². The normalized spacial score (nSPS) is 16.8. The minimum absolute atomic E-state index is 0.183. The van der Waals surface area contributed by atoms with E-state index >= 15 is 0 Å². The van der Waals surface area contributed by atoms with E-state index < -0.39 is 20.0 Å². The average molecular weight is 399 g/mol. The van der Waals surface area contributed by atoms with Gasteiger partial charge < -0.3 is 0 Å². The number of fused-ring (bicyclic) bond motifs is 1. The summed E-state index contributed by atoms with van der Waals surface area (Å²) in [5, 5.41) is 0. The second-order valence-electron chi connectivity index (χ2n) is 6.54. The summed E-state index contributed by atoms with van der Waals surface area (Å²) in [5.74, 6) is 0. The number of nitrogens with one attached hydrogen (secondary N) is 1. The van der Waals surface area contributed by atoms with Gasteiger partial charge in [0.15, 0.2) is 0 Å². The SMILES string of the molecule is Cc1ccccc1-c1ccc(-c2ccccc2C)c2c1S(=O)(=O)NS2(=O)=O. The lowest BCUT2D eigenvalue weighted by atomic mass is 9.95. The van der Waals surface area contributed by atoms with E-state index in [2.05, 4.69) is 0 Å². The lowest BCUT2D eigenvalue weighted by Gasteiger charge is -2.14. The van der Waals surface area contributed by atoms with Gasteiger partial charge in [0.05, 0.1) is 0 Å². The third-order valence-corrected chi connectivity index (χ3v) is 8.55. The van der Waals surface area contributed by atoms with E-state index in [-0.39, 0.29) is 9.79 Å². The molecule has 1 aliphatic heterocycles. The van der Waals surface area contributed by atoms with Gasteiger partial charge in [-0.1, -0.05) is 60.7 Å². The Bertz CT molecular complexity index is 1190. The van der Waals surface area contributed by atoms with Crippen molar-refractivity contribution in [2.24, 2.45) is 0 Å². The van der Waals surface area contributed by atoms with Gasteiger partial charge in [0.25, 0.3) is 20.0 Å². The lowest BCUT2D eigenvalue weighted by Crippen LogP contribution is -2.21. The van der Waals surface area contributed by atoms with Crippen molar-refractivity contribution >= 4 is 20.0 Å². The standard InChI is InChI=1S/C20H17NO4S2/c1-13-7-3-5-9-15(13)17-11-12-18(16-10-6-4-8-14(16)2)20-19(17)26(22,23)21-27(20,24)25/h3-12,21H,1-2H3. The highest BCUT2D eigenvalue weighted by Gasteiger charge is 2.42. The molecule has 1 N–H and O–H groups in total. The zero-order chi connectivity index (χ0) is 19.4. The Labute approximate surface area is 158 Å². The average Bonchev–Trinajstić information content (AvgIpc) is 2.80. The maximum absolute atomic E-state index is 12.8. The minimum Gasteiger partial charge on any atom is -0.206 e. The van der Waals surface area contributed by atoms with Crippen LogP contribution in [0.15, 0.2) is 70.5 Å². The molecule has 0 bridgehead atoms. The van der Waals surface area contributed by atoms with Crippen LogP contribution in [0.5, 0.6) is 0 Å². The summed E-state index contributed by atoms with van der Waals surface area (Å²) in [7, 11) is -8.38. The molecule has 0 unspecified atom stereocenters. The molecule has 3 aromatic carbocycles. The van der Waals surface area contributed by atoms with Gasteiger partial charge >= 0.3 is 0 Å². The summed E-state index contributed by atoms with van der Waals surface area (Å²) >= 11 is 0. The fraction of sp³-hybridized carbons (Fsp3) is 0.100. The van der Waals surface area contributed by atoms with Gasteiger partial charge in [-0.2, -0.15) is 0 Å². The van der Waals surface area contributed by atoms with Crippen LogP contribution in [0.2, 0.25) is 0 Å². The molecule has 27 heavy (non-hydrogen) atoms. The molecule has 4 rings (SSSR count). The van der Waals surface area contributed by atoms with Crippen molar-refractivity contribution in [1.29, 1.82) is 0 Å². The van der Waals surface area contributed by atoms with Gasteiger partial charge in [0, 0.05) is 11.1 Å². The molecule has 0 aromatic heterocycles. The Morgan fingerprint density at radius 2 is 0.926 bits per heavy atom. The first-order valence-corrected chi connectivity index (χ1v) is 11.3. The second-order valence-corrected chi connectivity index (χ2v) is 10.0. The molecule has 0 saturated heterocycles. The molecule has 1 aliphatic rings. The van der Waals surface area contributed by atoms with Crippen LogP contribution in [-0.4, -0.2) is 16.8 Å². The highest BCUT2D eigenvalue weighted by molar-refractivity contribution is 8.07. The number of aryl methyl sites for hydroxylation is 2. The highest BCUT2D eigenvalue weighted by Crippen LogP contribution is 2.43. The van der Waals surface area contributed by atoms with E-state index in [0.717, 1.165) is 11.1 Å². The summed E-state index contributed by atoms with van der Waals surface area (Å²) in [6.07, 6.45) is 0. The summed E-state index contributed by atoms with van der Waals surface area (Å²) in [6, 6.07) is 18.0. The van der Waals surface area contributed by atoms with Gasteiger partial charge in [0.2, 0.25) is 0 Å². The molecule has 5 nitrogen and oxygen atoms in total. The first-order chi connectivity index (χ1) is 12.7. The van der Waals surface area contributed by atoms with Crippen molar-refractivity contribution in [2.75, 3.05) is 0 Å². The van der Waals surface area contributed by atoms with E-state index in [1.54, 1.807) is 36.4 Å². The Balaban J connectivity index is 2.17. The van der Waals surface area contributed by atoms with Crippen LogP contribution >= 0.6 is 0 Å². The van der Waals surface area contributed by atoms with Crippen LogP contribution in [0.25, 0.3) is 22.3 Å². The molecule has 0 radical (unpaired) electrons. The Morgan fingerprint density at radius 3 is 1.30 bits per heavy atom. The summed E-state index contributed by atoms with van der Waals surface area (Å²) in [6.45, 7) is 3.72. The third-order valence-electron chi connectivity index (χ3n) is 4.74. The largest absolute Gasteiger partial charge is 0.255 e. The maximum atomic E-state index is 12.8. The highest BCUT2D eigenvalue weighted by atomic mass is 32.3. The van der Waals surface area contributed by atoms with Crippen molar-refractivity contribution in [2.45, 2.75) is 23.6 Å². The van der Waals surface area contributed by atoms with E-state index in [4.69, 9.17) is 0 Å². The molecular weight excluding hydrogens is 382 g/mol. The molecule has 0 aliphatic carbocycles. The van der Waals surface area contributed by atoms with Gasteiger partial charge in [-0.05, 0) is 36.1 Å². The number of hydrogen-bond donors (Lipinski definition) is 1. The zero-order valence-corrected chi connectivity index (χ0v) is 16.4. The number of benzene rings is 3. The quantitative estimate of drug-likeness (QED) is 0.714. The van der Waals surface area contributed by atoms with Crippen LogP contribution in [0.1, 0.15) is 11.1 Å². The van der Waals surface area contributed by atoms with Crippen molar-refractivity contribution in [1.82, 2.24) is 4.13 Å². The number of hydrogen-bond acceptors (Lipinski definition) is 4. The molecule has 1 heterocycles. The van der Waals surface area contributed by atoms with Crippen LogP contribution < -0.4 is 4.13 Å². The fourth-order valence-electron chi connectivity index (χ4n) is 3.50. The molecule has 138 valence electrons. The number of sulfonamides is 2. The van der Waals surface area contributed by atoms with E-state index in [9.17, 15) is 16.8 Å². The molecule has 0 saturated carbocycles. The van der Waals surface area contributed by atoms with Crippen molar-refractivity contribution in [3.05, 3.63) is 71.8 Å². The zero-order valence-electron chi connectivity index (χ0n) is 14.7. The van der Waals surface area contributed by atoms with Gasteiger partial charge in [-0.15, -0.1) is 4.13 Å². The van der Waals surface area contributed by atoms with E-state index in [0.29, 0.717) is 22.3 Å². The van der Waals surface area contributed by atoms with Gasteiger partial charge in [-0.3, -0.25) is 0 Å². The van der Waals surface area contributed by atoms with Crippen LogP contribution in [0, 0.1) is 13.8 Å². The summed E-state index contributed by atoms with van der Waals surface area (Å²) < 4.78 is 52.8. The molecule has 0 fully saturated rings. The predicted octanol–water partition coefficient (Wildman–Crippen LogP) is 3.62. The van der Waals surface area contributed by atoms with Crippen molar-refractivity contribution in [3.8, 4) is 22.3 Å². The monoisotopic (exact) mass is 399 g/mol. The smallest absolute Gasteiger partial charge is 0.206 e. The summed E-state index contributed by atoms with van der Waals surface area (Å²) in [4.78, 5) is -0.366. The van der Waals surface area contributed by atoms with E-state index in [1.807, 2.05) is 42.2 Å². The van der Waals surface area contributed by atoms with Crippen molar-refractivity contribution in [3.63, 3.8) is 0 Å². The molecule has 3 aromatic rings. The Kier molecular flexibility index (Phi) is 3.99. The summed E-state index contributed by atoms with van der Waals surface area (Å²) in [5.41, 5.74) is 3.87. The van der Waals surface area contributed by atoms with Gasteiger partial charge in [-0.25, -0.2) is 16.8 Å². The molecular formula is C20H17NO4S2. The lowest BCUT2D eigenvalue weighted by molar-refractivity contribution is 0.586. The molecule has 7 heteroatoms. The predicted molar refractivity (Wildman–Crippen MR) is 104 cm³/mol. The fourth-order valence-corrected chi connectivity index (χ4v) is 7.62. The molecule has 0 amide bonds. The molecule has 0 atom stereocenters. The van der Waals surface area contributed by atoms with Gasteiger partial charge in [0.1, 0.15) is 9.79 Å². The first kappa shape index (κ1) is 17.9. The van der Waals surface area contributed by atoms with Crippen LogP contribution in [0.4, 0.5) is 0 Å². The maximum Gasteiger partial charge on any atom is 0.255 e. The third kappa shape index (κ3) is 2.79. The van der Waals surface area contributed by atoms with Crippen LogP contribution in [-0.2, 0) is 20.0 Å². The van der Waals surface area contributed by atoms with Crippen LogP contribution in [0.3, 0.4) is 0 Å². The second kappa shape index (κ2) is 6.02. The van der Waals surface area contributed by atoms with E-state index in [1.165, 1.54) is 0 Å². The Hall–Kier alpha value is -2.48. The number of rotatable bonds is 2. The first-order valence-electron chi connectivity index (χ1n) is 8.30. The topological polar surface area (TPSA) is 80.3 Å². The molecule has 0 spiro atoms. The minimum atomic E-state index is -4.19. The Morgan fingerprint density at radius 1 is 0.556 bits per heavy atom.